The van der Waals surface area contributed by atoms with Crippen LogP contribution in [0.5, 0.6) is 0 Å². The third kappa shape index (κ3) is 2.65. The van der Waals surface area contributed by atoms with Crippen LogP contribution in [0.4, 0.5) is 11.4 Å². The molecule has 0 aliphatic carbocycles. The normalized spacial score (nSPS) is 10.2. The fraction of sp³-hybridized carbons (Fsp3) is 0.0556. The number of hydrogen-bond acceptors (Lipinski definition) is 3. The zero-order valence-corrected chi connectivity index (χ0v) is 11.5. The van der Waals surface area contributed by atoms with E-state index < -0.39 is 0 Å². The minimum Gasteiger partial charge on any atom is -0.398 e. The molecule has 3 aromatic rings. The average Bonchev–Trinajstić information content (AvgIpc) is 2.53. The molecule has 102 valence electrons. The van der Waals surface area contributed by atoms with Crippen molar-refractivity contribution in [1.29, 1.82) is 5.26 Å². The molecule has 0 bridgehead atoms. The molecule has 3 nitrogen and oxygen atoms in total. The molecule has 3 rings (SSSR count). The fourth-order valence-corrected chi connectivity index (χ4v) is 2.42. The number of benzene rings is 3. The summed E-state index contributed by atoms with van der Waals surface area (Å²) >= 11 is 0. The largest absolute Gasteiger partial charge is 0.398 e. The number of nitrogens with one attached hydrogen (secondary N) is 1. The van der Waals surface area contributed by atoms with Gasteiger partial charge in [-0.1, -0.05) is 42.5 Å². The van der Waals surface area contributed by atoms with E-state index in [4.69, 9.17) is 11.0 Å². The van der Waals surface area contributed by atoms with Gasteiger partial charge in [-0.05, 0) is 34.5 Å². The van der Waals surface area contributed by atoms with Gasteiger partial charge in [-0.25, -0.2) is 0 Å². The highest BCUT2D eigenvalue weighted by Gasteiger charge is 2.02. The van der Waals surface area contributed by atoms with Crippen molar-refractivity contribution in [2.45, 2.75) is 6.54 Å². The molecule has 0 saturated carbocycles. The summed E-state index contributed by atoms with van der Waals surface area (Å²) in [7, 11) is 0. The molecule has 0 radical (unpaired) electrons. The first-order chi connectivity index (χ1) is 10.3. The van der Waals surface area contributed by atoms with Gasteiger partial charge in [0.2, 0.25) is 0 Å². The molecule has 3 heteroatoms. The SMILES string of the molecule is N#Cc1ccc(NCc2cccc3ccccc23)cc1N. The molecule has 0 saturated heterocycles. The number of rotatable bonds is 3. The van der Waals surface area contributed by atoms with Crippen LogP contribution in [0.3, 0.4) is 0 Å². The van der Waals surface area contributed by atoms with Crippen LogP contribution in [0.25, 0.3) is 10.8 Å². The van der Waals surface area contributed by atoms with Gasteiger partial charge in [0.15, 0.2) is 0 Å². The highest BCUT2D eigenvalue weighted by atomic mass is 14.9. The molecular formula is C18H15N3. The third-order valence-corrected chi connectivity index (χ3v) is 3.53. The van der Waals surface area contributed by atoms with Gasteiger partial charge in [-0.2, -0.15) is 5.26 Å². The van der Waals surface area contributed by atoms with Crippen molar-refractivity contribution in [3.8, 4) is 6.07 Å². The topological polar surface area (TPSA) is 61.8 Å². The highest BCUT2D eigenvalue weighted by Crippen LogP contribution is 2.21. The predicted octanol–water partition coefficient (Wildman–Crippen LogP) is 3.91. The second kappa shape index (κ2) is 5.56. The minimum absolute atomic E-state index is 0.500. The highest BCUT2D eigenvalue weighted by molar-refractivity contribution is 5.85. The van der Waals surface area contributed by atoms with E-state index in [9.17, 15) is 0 Å². The van der Waals surface area contributed by atoms with Gasteiger partial charge >= 0.3 is 0 Å². The Labute approximate surface area is 123 Å². The van der Waals surface area contributed by atoms with Crippen molar-refractivity contribution in [2.24, 2.45) is 0 Å². The Balaban J connectivity index is 1.84. The summed E-state index contributed by atoms with van der Waals surface area (Å²) in [5.74, 6) is 0. The summed E-state index contributed by atoms with van der Waals surface area (Å²) in [5.41, 5.74) is 8.98. The van der Waals surface area contributed by atoms with Crippen molar-refractivity contribution in [2.75, 3.05) is 11.1 Å². The minimum atomic E-state index is 0.500. The van der Waals surface area contributed by atoms with Gasteiger partial charge < -0.3 is 11.1 Å². The van der Waals surface area contributed by atoms with Gasteiger partial charge in [-0.3, -0.25) is 0 Å². The van der Waals surface area contributed by atoms with Crippen molar-refractivity contribution < 1.29 is 0 Å². The quantitative estimate of drug-likeness (QED) is 0.711. The second-order valence-electron chi connectivity index (χ2n) is 4.91. The van der Waals surface area contributed by atoms with Crippen LogP contribution in [-0.2, 0) is 6.54 Å². The van der Waals surface area contributed by atoms with Crippen LogP contribution in [0, 0.1) is 11.3 Å². The Bertz CT molecular complexity index is 826. The van der Waals surface area contributed by atoms with Crippen LogP contribution in [-0.4, -0.2) is 0 Å². The molecule has 0 heterocycles. The Morgan fingerprint density at radius 3 is 2.62 bits per heavy atom. The summed E-state index contributed by atoms with van der Waals surface area (Å²) < 4.78 is 0. The number of nitriles is 1. The van der Waals surface area contributed by atoms with Crippen molar-refractivity contribution >= 4 is 22.1 Å². The lowest BCUT2D eigenvalue weighted by atomic mass is 10.0. The van der Waals surface area contributed by atoms with Crippen molar-refractivity contribution in [1.82, 2.24) is 0 Å². The average molecular weight is 273 g/mol. The van der Waals surface area contributed by atoms with Gasteiger partial charge in [-0.15, -0.1) is 0 Å². The molecule has 3 N–H and O–H groups in total. The number of anilines is 2. The van der Waals surface area contributed by atoms with E-state index in [1.807, 2.05) is 18.2 Å². The summed E-state index contributed by atoms with van der Waals surface area (Å²) in [6.45, 7) is 0.715. The predicted molar refractivity (Wildman–Crippen MR) is 86.8 cm³/mol. The molecule has 0 fully saturated rings. The number of hydrogen-bond donors (Lipinski definition) is 2. The van der Waals surface area contributed by atoms with E-state index in [1.165, 1.54) is 16.3 Å². The zero-order valence-electron chi connectivity index (χ0n) is 11.5. The Morgan fingerprint density at radius 2 is 1.81 bits per heavy atom. The number of nitrogens with two attached hydrogens (primary N) is 1. The first-order valence-electron chi connectivity index (χ1n) is 6.78. The van der Waals surface area contributed by atoms with Gasteiger partial charge in [0.25, 0.3) is 0 Å². The molecule has 0 unspecified atom stereocenters. The lowest BCUT2D eigenvalue weighted by molar-refractivity contribution is 1.17. The molecule has 0 aliphatic heterocycles. The monoisotopic (exact) mass is 273 g/mol. The standard InChI is InChI=1S/C18H15N3/c19-11-14-8-9-16(10-18(14)20)21-12-15-6-3-5-13-4-1-2-7-17(13)15/h1-10,21H,12,20H2. The number of nitrogen functional groups attached to an aromatic ring is 1. The number of fused-ring (bicyclic) bond motifs is 1. The molecule has 21 heavy (non-hydrogen) atoms. The Hall–Kier alpha value is -2.99. The molecular weight excluding hydrogens is 258 g/mol. The van der Waals surface area contributed by atoms with E-state index in [-0.39, 0.29) is 0 Å². The first-order valence-corrected chi connectivity index (χ1v) is 6.78. The van der Waals surface area contributed by atoms with Crippen LogP contribution >= 0.6 is 0 Å². The lowest BCUT2D eigenvalue weighted by Gasteiger charge is -2.10. The maximum absolute atomic E-state index is 8.89. The van der Waals surface area contributed by atoms with Crippen LogP contribution in [0.1, 0.15) is 11.1 Å². The molecule has 0 atom stereocenters. The maximum Gasteiger partial charge on any atom is 0.101 e. The summed E-state index contributed by atoms with van der Waals surface area (Å²) in [5, 5.41) is 14.7. The molecule has 3 aromatic carbocycles. The molecule has 0 spiro atoms. The molecule has 0 amide bonds. The Morgan fingerprint density at radius 1 is 1.00 bits per heavy atom. The Kier molecular flexibility index (Phi) is 3.44. The zero-order chi connectivity index (χ0) is 14.7. The summed E-state index contributed by atoms with van der Waals surface area (Å²) in [6.07, 6.45) is 0. The third-order valence-electron chi connectivity index (χ3n) is 3.53. The number of nitrogens with zero attached hydrogens (tertiary/aromatic N) is 1. The summed E-state index contributed by atoms with van der Waals surface area (Å²) in [4.78, 5) is 0. The second-order valence-corrected chi connectivity index (χ2v) is 4.91. The van der Waals surface area contributed by atoms with E-state index in [1.54, 1.807) is 12.1 Å². The van der Waals surface area contributed by atoms with Crippen molar-refractivity contribution in [3.05, 3.63) is 71.8 Å². The van der Waals surface area contributed by atoms with Crippen LogP contribution in [0.15, 0.2) is 60.7 Å². The van der Waals surface area contributed by atoms with Gasteiger partial charge in [0, 0.05) is 12.2 Å². The van der Waals surface area contributed by atoms with E-state index >= 15 is 0 Å². The first kappa shape index (κ1) is 13.0. The van der Waals surface area contributed by atoms with Gasteiger partial charge in [0.05, 0.1) is 11.3 Å². The fourth-order valence-electron chi connectivity index (χ4n) is 2.42. The van der Waals surface area contributed by atoms with Crippen molar-refractivity contribution in [3.63, 3.8) is 0 Å². The molecule has 0 aromatic heterocycles. The van der Waals surface area contributed by atoms with E-state index in [0.29, 0.717) is 17.8 Å². The lowest BCUT2D eigenvalue weighted by Crippen LogP contribution is -2.01. The summed E-state index contributed by atoms with van der Waals surface area (Å²) in [6, 6.07) is 22.1. The smallest absolute Gasteiger partial charge is 0.101 e. The maximum atomic E-state index is 8.89. The van der Waals surface area contributed by atoms with Gasteiger partial charge in [0.1, 0.15) is 6.07 Å². The van der Waals surface area contributed by atoms with E-state index in [0.717, 1.165) is 5.69 Å². The van der Waals surface area contributed by atoms with E-state index in [2.05, 4.69) is 41.7 Å². The van der Waals surface area contributed by atoms with Crippen LogP contribution in [0.2, 0.25) is 0 Å². The molecule has 0 aliphatic rings. The van der Waals surface area contributed by atoms with Crippen LogP contribution < -0.4 is 11.1 Å².